The van der Waals surface area contributed by atoms with E-state index in [1.807, 2.05) is 12.1 Å². The quantitative estimate of drug-likeness (QED) is 0.867. The van der Waals surface area contributed by atoms with E-state index in [0.29, 0.717) is 6.54 Å². The molecule has 1 aromatic heterocycles. The monoisotopic (exact) mass is 321 g/mol. The van der Waals surface area contributed by atoms with Crippen molar-refractivity contribution in [1.82, 2.24) is 9.55 Å². The fourth-order valence-electron chi connectivity index (χ4n) is 2.78. The van der Waals surface area contributed by atoms with Crippen LogP contribution < -0.4 is 9.04 Å². The highest BCUT2D eigenvalue weighted by molar-refractivity contribution is 7.92. The summed E-state index contributed by atoms with van der Waals surface area (Å²) in [6.07, 6.45) is 5.53. The van der Waals surface area contributed by atoms with Crippen LogP contribution in [-0.4, -0.2) is 31.6 Å². The van der Waals surface area contributed by atoms with E-state index < -0.39 is 10.0 Å². The zero-order chi connectivity index (χ0) is 15.7. The Morgan fingerprint density at radius 2 is 2.09 bits per heavy atom. The highest BCUT2D eigenvalue weighted by atomic mass is 32.2. The number of fused-ring (bicyclic) bond motifs is 1. The Labute approximate surface area is 130 Å². The molecule has 0 fully saturated rings. The third-order valence-electron chi connectivity index (χ3n) is 3.94. The first-order chi connectivity index (χ1) is 10.5. The molecule has 118 valence electrons. The van der Waals surface area contributed by atoms with Gasteiger partial charge in [0.25, 0.3) is 10.0 Å². The Morgan fingerprint density at radius 3 is 2.77 bits per heavy atom. The van der Waals surface area contributed by atoms with E-state index in [-0.39, 0.29) is 5.03 Å². The maximum Gasteiger partial charge on any atom is 0.281 e. The summed E-state index contributed by atoms with van der Waals surface area (Å²) < 4.78 is 34.2. The smallest absolute Gasteiger partial charge is 0.281 e. The molecule has 6 nitrogen and oxygen atoms in total. The Bertz CT molecular complexity index is 783. The summed E-state index contributed by atoms with van der Waals surface area (Å²) in [5, 5.41) is 0.205. The largest absolute Gasteiger partial charge is 0.497 e. The van der Waals surface area contributed by atoms with Crippen LogP contribution in [0.4, 0.5) is 5.69 Å². The molecule has 0 aliphatic carbocycles. The molecule has 2 heterocycles. The summed E-state index contributed by atoms with van der Waals surface area (Å²) in [5.74, 6) is 0.749. The number of aryl methyl sites for hydroxylation is 2. The number of benzene rings is 1. The van der Waals surface area contributed by atoms with Gasteiger partial charge in [-0.1, -0.05) is 0 Å². The number of nitrogens with zero attached hydrogens (tertiary/aromatic N) is 3. The van der Waals surface area contributed by atoms with Crippen molar-refractivity contribution in [3.05, 3.63) is 36.3 Å². The van der Waals surface area contributed by atoms with Crippen LogP contribution in [0.15, 0.2) is 35.7 Å². The third-order valence-corrected chi connectivity index (χ3v) is 5.82. The summed E-state index contributed by atoms with van der Waals surface area (Å²) in [4.78, 5) is 3.93. The van der Waals surface area contributed by atoms with Crippen LogP contribution >= 0.6 is 0 Å². The highest BCUT2D eigenvalue weighted by Crippen LogP contribution is 2.33. The number of hydrogen-bond donors (Lipinski definition) is 0. The Hall–Kier alpha value is -2.02. The number of hydrogen-bond acceptors (Lipinski definition) is 4. The summed E-state index contributed by atoms with van der Waals surface area (Å²) in [6.45, 7) is 0.479. The lowest BCUT2D eigenvalue weighted by Gasteiger charge is -2.24. The molecule has 0 saturated carbocycles. The minimum absolute atomic E-state index is 0.205. The number of methoxy groups -OCH3 is 1. The van der Waals surface area contributed by atoms with Crippen molar-refractivity contribution < 1.29 is 13.2 Å². The fraction of sp³-hybridized carbons (Fsp3) is 0.400. The summed E-state index contributed by atoms with van der Waals surface area (Å²) in [5.41, 5.74) is 1.74. The Morgan fingerprint density at radius 1 is 1.27 bits per heavy atom. The van der Waals surface area contributed by atoms with Gasteiger partial charge in [-0.25, -0.2) is 4.98 Å². The van der Waals surface area contributed by atoms with Crippen molar-refractivity contribution in [2.75, 3.05) is 18.0 Å². The SMILES string of the molecule is COc1ccc2c(c1)CCCCN2S(=O)(=O)c1cncn1C. The van der Waals surface area contributed by atoms with E-state index in [0.717, 1.165) is 36.3 Å². The van der Waals surface area contributed by atoms with Gasteiger partial charge in [0.1, 0.15) is 5.75 Å². The van der Waals surface area contributed by atoms with E-state index in [4.69, 9.17) is 4.74 Å². The van der Waals surface area contributed by atoms with Crippen LogP contribution in [0.25, 0.3) is 0 Å². The van der Waals surface area contributed by atoms with Gasteiger partial charge in [0, 0.05) is 13.6 Å². The van der Waals surface area contributed by atoms with E-state index >= 15 is 0 Å². The maximum atomic E-state index is 13.0. The molecule has 1 aromatic carbocycles. The van der Waals surface area contributed by atoms with Crippen LogP contribution in [0.3, 0.4) is 0 Å². The molecule has 7 heteroatoms. The number of imidazole rings is 1. The minimum Gasteiger partial charge on any atom is -0.497 e. The first-order valence-electron chi connectivity index (χ1n) is 7.20. The standard InChI is InChI=1S/C15H19N3O3S/c1-17-11-16-10-15(17)22(19,20)18-8-4-3-5-12-9-13(21-2)6-7-14(12)18/h6-7,9-11H,3-5,8H2,1-2H3. The van der Waals surface area contributed by atoms with E-state index in [2.05, 4.69) is 4.98 Å². The van der Waals surface area contributed by atoms with Gasteiger partial charge in [-0.05, 0) is 43.0 Å². The van der Waals surface area contributed by atoms with Crippen molar-refractivity contribution in [2.24, 2.45) is 7.05 Å². The molecule has 1 aliphatic heterocycles. The van der Waals surface area contributed by atoms with Gasteiger partial charge in [-0.3, -0.25) is 4.31 Å². The molecule has 0 unspecified atom stereocenters. The molecule has 2 aromatic rings. The van der Waals surface area contributed by atoms with Crippen molar-refractivity contribution in [3.8, 4) is 5.75 Å². The Balaban J connectivity index is 2.11. The normalized spacial score (nSPS) is 15.3. The van der Waals surface area contributed by atoms with E-state index in [1.54, 1.807) is 20.2 Å². The second-order valence-corrected chi connectivity index (χ2v) is 7.18. The number of sulfonamides is 1. The van der Waals surface area contributed by atoms with Crippen molar-refractivity contribution in [1.29, 1.82) is 0 Å². The van der Waals surface area contributed by atoms with Crippen molar-refractivity contribution in [3.63, 3.8) is 0 Å². The van der Waals surface area contributed by atoms with Crippen LogP contribution in [0.2, 0.25) is 0 Å². The van der Waals surface area contributed by atoms with Crippen molar-refractivity contribution >= 4 is 15.7 Å². The van der Waals surface area contributed by atoms with Gasteiger partial charge in [-0.2, -0.15) is 8.42 Å². The van der Waals surface area contributed by atoms with Gasteiger partial charge in [0.05, 0.1) is 25.3 Å². The summed E-state index contributed by atoms with van der Waals surface area (Å²) in [6, 6.07) is 5.55. The van der Waals surface area contributed by atoms with E-state index in [9.17, 15) is 8.42 Å². The van der Waals surface area contributed by atoms with Gasteiger partial charge in [-0.15, -0.1) is 0 Å². The van der Waals surface area contributed by atoms with E-state index in [1.165, 1.54) is 21.4 Å². The lowest BCUT2D eigenvalue weighted by Crippen LogP contribution is -2.33. The average molecular weight is 321 g/mol. The molecule has 0 bridgehead atoms. The predicted octanol–water partition coefficient (Wildman–Crippen LogP) is 1.96. The first kappa shape index (κ1) is 14.9. The Kier molecular flexibility index (Phi) is 3.82. The topological polar surface area (TPSA) is 64.4 Å². The van der Waals surface area contributed by atoms with Crippen LogP contribution in [-0.2, 0) is 23.5 Å². The van der Waals surface area contributed by atoms with Crippen LogP contribution in [0.1, 0.15) is 18.4 Å². The van der Waals surface area contributed by atoms with Gasteiger partial charge in [0.2, 0.25) is 0 Å². The van der Waals surface area contributed by atoms with Crippen LogP contribution in [0.5, 0.6) is 5.75 Å². The summed E-state index contributed by atoms with van der Waals surface area (Å²) >= 11 is 0. The second-order valence-electron chi connectivity index (χ2n) is 5.37. The molecule has 22 heavy (non-hydrogen) atoms. The maximum absolute atomic E-state index is 13.0. The zero-order valence-electron chi connectivity index (χ0n) is 12.7. The molecule has 0 saturated heterocycles. The predicted molar refractivity (Wildman–Crippen MR) is 83.7 cm³/mol. The molecular weight excluding hydrogens is 302 g/mol. The molecule has 0 spiro atoms. The van der Waals surface area contributed by atoms with Gasteiger partial charge >= 0.3 is 0 Å². The molecule has 0 radical (unpaired) electrons. The zero-order valence-corrected chi connectivity index (χ0v) is 13.5. The molecule has 0 amide bonds. The number of rotatable bonds is 3. The fourth-order valence-corrected chi connectivity index (χ4v) is 4.42. The van der Waals surface area contributed by atoms with Crippen molar-refractivity contribution in [2.45, 2.75) is 24.3 Å². The average Bonchev–Trinajstić information content (AvgIpc) is 2.83. The number of aromatic nitrogens is 2. The first-order valence-corrected chi connectivity index (χ1v) is 8.64. The highest BCUT2D eigenvalue weighted by Gasteiger charge is 2.30. The molecule has 1 aliphatic rings. The second kappa shape index (κ2) is 5.64. The van der Waals surface area contributed by atoms with Gasteiger partial charge in [0.15, 0.2) is 5.03 Å². The minimum atomic E-state index is -3.61. The summed E-state index contributed by atoms with van der Waals surface area (Å²) in [7, 11) is -0.312. The molecule has 0 atom stereocenters. The lowest BCUT2D eigenvalue weighted by molar-refractivity contribution is 0.414. The lowest BCUT2D eigenvalue weighted by atomic mass is 10.1. The molecule has 3 rings (SSSR count). The number of anilines is 1. The van der Waals surface area contributed by atoms with Crippen LogP contribution in [0, 0.1) is 0 Å². The molecular formula is C15H19N3O3S. The molecule has 0 N–H and O–H groups in total. The third kappa shape index (κ3) is 2.45. The van der Waals surface area contributed by atoms with Gasteiger partial charge < -0.3 is 9.30 Å². The number of ether oxygens (including phenoxy) is 1.